The molecule has 0 N–H and O–H groups in total. The van der Waals surface area contributed by atoms with Crippen molar-refractivity contribution in [3.05, 3.63) is 23.8 Å². The van der Waals surface area contributed by atoms with Crippen LogP contribution < -0.4 is 0 Å². The predicted molar refractivity (Wildman–Crippen MR) is 64.0 cm³/mol. The Hall–Kier alpha value is -1.05. The van der Waals surface area contributed by atoms with E-state index in [1.54, 1.807) is 5.57 Å². The number of methoxy groups -OCH3 is 1. The molecule has 0 heterocycles. The molecule has 4 aliphatic rings. The Labute approximate surface area is 102 Å². The molecule has 2 saturated carbocycles. The smallest absolute Gasteiger partial charge is 0.315 e. The molecular weight excluding hydrogens is 212 g/mol. The molecule has 4 bridgehead atoms. The highest BCUT2D eigenvalue weighted by atomic mass is 16.5. The number of carbonyl (C=O) groups is 1. The van der Waals surface area contributed by atoms with Gasteiger partial charge >= 0.3 is 5.97 Å². The summed E-state index contributed by atoms with van der Waals surface area (Å²) in [7, 11) is 1.51. The van der Waals surface area contributed by atoms with Crippen LogP contribution in [0, 0.1) is 35.0 Å². The summed E-state index contributed by atoms with van der Waals surface area (Å²) in [5, 5.41) is 0. The third-order valence-corrected chi connectivity index (χ3v) is 5.75. The van der Waals surface area contributed by atoms with E-state index < -0.39 is 0 Å². The van der Waals surface area contributed by atoms with Crippen molar-refractivity contribution in [2.75, 3.05) is 7.11 Å². The fourth-order valence-corrected chi connectivity index (χ4v) is 5.15. The Morgan fingerprint density at radius 1 is 1.41 bits per heavy atom. The number of carbonyl (C=O) groups excluding carboxylic acids is 1. The van der Waals surface area contributed by atoms with Crippen LogP contribution in [-0.2, 0) is 9.53 Å². The Morgan fingerprint density at radius 2 is 2.18 bits per heavy atom. The first-order valence-corrected chi connectivity index (χ1v) is 6.63. The van der Waals surface area contributed by atoms with E-state index in [1.807, 2.05) is 0 Å². The van der Waals surface area contributed by atoms with Gasteiger partial charge in [-0.05, 0) is 49.4 Å². The first kappa shape index (κ1) is 9.93. The third-order valence-electron chi connectivity index (χ3n) is 5.75. The molecule has 0 radical (unpaired) electrons. The molecule has 5 unspecified atom stereocenters. The van der Waals surface area contributed by atoms with Gasteiger partial charge in [0.05, 0.1) is 12.5 Å². The molecule has 90 valence electrons. The van der Waals surface area contributed by atoms with Crippen LogP contribution in [0.15, 0.2) is 23.8 Å². The normalized spacial score (nSPS) is 52.8. The average molecular weight is 230 g/mol. The zero-order valence-electron chi connectivity index (χ0n) is 10.3. The summed E-state index contributed by atoms with van der Waals surface area (Å²) in [5.41, 5.74) is 1.20. The first-order chi connectivity index (χ1) is 8.15. The maximum Gasteiger partial charge on any atom is 0.315 e. The highest BCUT2D eigenvalue weighted by Crippen LogP contribution is 2.67. The lowest BCUT2D eigenvalue weighted by Gasteiger charge is -2.37. The summed E-state index contributed by atoms with van der Waals surface area (Å²) >= 11 is 0. The fraction of sp³-hybridized carbons (Fsp3) is 0.667. The van der Waals surface area contributed by atoms with Gasteiger partial charge in [0.1, 0.15) is 0 Å². The van der Waals surface area contributed by atoms with Crippen molar-refractivity contribution in [3.63, 3.8) is 0 Å². The number of hydrogen-bond donors (Lipinski definition) is 0. The van der Waals surface area contributed by atoms with Crippen molar-refractivity contribution in [3.8, 4) is 0 Å². The summed E-state index contributed by atoms with van der Waals surface area (Å²) < 4.78 is 5.02. The van der Waals surface area contributed by atoms with Crippen LogP contribution in [0.25, 0.3) is 0 Å². The lowest BCUT2D eigenvalue weighted by atomic mass is 9.66. The van der Waals surface area contributed by atoms with E-state index in [2.05, 4.69) is 25.2 Å². The predicted octanol–water partition coefficient (Wildman–Crippen LogP) is 2.56. The molecule has 0 aromatic rings. The van der Waals surface area contributed by atoms with Gasteiger partial charge in [-0.25, -0.2) is 0 Å². The molecular formula is C15H18O2. The molecule has 17 heavy (non-hydrogen) atoms. The van der Waals surface area contributed by atoms with Gasteiger partial charge in [-0.15, -0.1) is 0 Å². The van der Waals surface area contributed by atoms with Crippen LogP contribution >= 0.6 is 0 Å². The number of ether oxygens (including phenoxy) is 1. The molecule has 6 atom stereocenters. The second kappa shape index (κ2) is 2.85. The van der Waals surface area contributed by atoms with Crippen LogP contribution in [0.5, 0.6) is 0 Å². The van der Waals surface area contributed by atoms with Crippen LogP contribution in [0.3, 0.4) is 0 Å². The maximum atomic E-state index is 12.0. The molecule has 4 aliphatic carbocycles. The van der Waals surface area contributed by atoms with E-state index >= 15 is 0 Å². The van der Waals surface area contributed by atoms with Gasteiger partial charge in [0, 0.05) is 0 Å². The average Bonchev–Trinajstić information content (AvgIpc) is 3.03. The van der Waals surface area contributed by atoms with Gasteiger partial charge in [-0.3, -0.25) is 4.79 Å². The topological polar surface area (TPSA) is 26.3 Å². The van der Waals surface area contributed by atoms with E-state index in [0.717, 1.165) is 24.2 Å². The second-order valence-corrected chi connectivity index (χ2v) is 6.36. The van der Waals surface area contributed by atoms with Crippen LogP contribution in [0.4, 0.5) is 0 Å². The minimum atomic E-state index is -0.344. The molecule has 0 aliphatic heterocycles. The Balaban J connectivity index is 1.78. The number of fused-ring (bicyclic) bond motifs is 9. The molecule has 0 aromatic heterocycles. The minimum Gasteiger partial charge on any atom is -0.468 e. The van der Waals surface area contributed by atoms with Gasteiger partial charge in [-0.2, -0.15) is 0 Å². The molecule has 0 aromatic carbocycles. The van der Waals surface area contributed by atoms with Crippen LogP contribution in [0.2, 0.25) is 0 Å². The Kier molecular flexibility index (Phi) is 1.66. The van der Waals surface area contributed by atoms with E-state index in [-0.39, 0.29) is 11.4 Å². The van der Waals surface area contributed by atoms with Crippen molar-refractivity contribution in [2.24, 2.45) is 35.0 Å². The molecule has 0 amide bonds. The van der Waals surface area contributed by atoms with Crippen LogP contribution in [-0.4, -0.2) is 13.1 Å². The van der Waals surface area contributed by atoms with E-state index in [1.165, 1.54) is 13.5 Å². The highest BCUT2D eigenvalue weighted by Gasteiger charge is 2.63. The number of esters is 1. The zero-order valence-corrected chi connectivity index (χ0v) is 10.3. The fourth-order valence-electron chi connectivity index (χ4n) is 5.15. The monoisotopic (exact) mass is 230 g/mol. The summed E-state index contributed by atoms with van der Waals surface area (Å²) in [6.07, 6.45) is 9.49. The molecule has 4 rings (SSSR count). The first-order valence-electron chi connectivity index (χ1n) is 6.63. The SMILES string of the molecule is COC(=O)C1(C)C=C2C[C@H]1C1C3C=CC(C3)C21. The van der Waals surface area contributed by atoms with E-state index in [0.29, 0.717) is 11.8 Å². The third kappa shape index (κ3) is 0.966. The molecule has 2 nitrogen and oxygen atoms in total. The van der Waals surface area contributed by atoms with Crippen molar-refractivity contribution in [1.82, 2.24) is 0 Å². The highest BCUT2D eigenvalue weighted by molar-refractivity contribution is 5.81. The lowest BCUT2D eigenvalue weighted by molar-refractivity contribution is -0.152. The Bertz CT molecular complexity index is 462. The largest absolute Gasteiger partial charge is 0.468 e. The number of hydrogen-bond acceptors (Lipinski definition) is 2. The van der Waals surface area contributed by atoms with Gasteiger partial charge < -0.3 is 4.74 Å². The summed E-state index contributed by atoms with van der Waals surface area (Å²) in [6.45, 7) is 2.07. The van der Waals surface area contributed by atoms with Crippen molar-refractivity contribution < 1.29 is 9.53 Å². The number of rotatable bonds is 1. The molecule has 2 fully saturated rings. The molecule has 0 saturated heterocycles. The molecule has 2 heteroatoms. The standard InChI is InChI=1S/C15H18O2/c1-15(14(16)17-2)7-10-6-11(15)13-9-4-3-8(5-9)12(10)13/h3-4,7-9,11-13H,5-6H2,1-2H3/t8?,9?,11-,12?,13?,15?/m0/s1. The summed E-state index contributed by atoms with van der Waals surface area (Å²) in [5.74, 6) is 3.42. The molecule has 0 spiro atoms. The van der Waals surface area contributed by atoms with Gasteiger partial charge in [0.2, 0.25) is 0 Å². The Morgan fingerprint density at radius 3 is 2.94 bits per heavy atom. The van der Waals surface area contributed by atoms with Crippen molar-refractivity contribution in [1.29, 1.82) is 0 Å². The van der Waals surface area contributed by atoms with Gasteiger partial charge in [-0.1, -0.05) is 23.8 Å². The minimum absolute atomic E-state index is 0.0392. The van der Waals surface area contributed by atoms with E-state index in [9.17, 15) is 4.79 Å². The van der Waals surface area contributed by atoms with Crippen LogP contribution in [0.1, 0.15) is 19.8 Å². The van der Waals surface area contributed by atoms with Gasteiger partial charge in [0.25, 0.3) is 0 Å². The summed E-state index contributed by atoms with van der Waals surface area (Å²) in [6, 6.07) is 0. The van der Waals surface area contributed by atoms with Crippen molar-refractivity contribution >= 4 is 5.97 Å². The van der Waals surface area contributed by atoms with Gasteiger partial charge in [0.15, 0.2) is 0 Å². The number of allylic oxidation sites excluding steroid dienone is 3. The summed E-state index contributed by atoms with van der Waals surface area (Å²) in [4.78, 5) is 12.0. The lowest BCUT2D eigenvalue weighted by Crippen LogP contribution is -2.40. The quantitative estimate of drug-likeness (QED) is 0.393. The van der Waals surface area contributed by atoms with E-state index in [4.69, 9.17) is 4.74 Å². The maximum absolute atomic E-state index is 12.0. The zero-order chi connectivity index (χ0) is 11.8. The van der Waals surface area contributed by atoms with Crippen molar-refractivity contribution in [2.45, 2.75) is 19.8 Å². The second-order valence-electron chi connectivity index (χ2n) is 6.36.